The molecule has 9 heavy (non-hydrogen) atoms. The van der Waals surface area contributed by atoms with Crippen LogP contribution in [0.5, 0.6) is 0 Å². The van der Waals surface area contributed by atoms with Crippen molar-refractivity contribution in [2.75, 3.05) is 20.3 Å². The third-order valence-corrected chi connectivity index (χ3v) is 0.534. The lowest BCUT2D eigenvalue weighted by Gasteiger charge is -1.92. The Labute approximate surface area is 67.0 Å². The van der Waals surface area contributed by atoms with Crippen LogP contribution in [-0.4, -0.2) is 26.7 Å². The van der Waals surface area contributed by atoms with Crippen LogP contribution in [0.15, 0.2) is 0 Å². The average Bonchev–Trinajstić information content (AvgIpc) is 1.69. The lowest BCUT2D eigenvalue weighted by atomic mass is 10.7. The van der Waals surface area contributed by atoms with Crippen molar-refractivity contribution in [1.29, 1.82) is 0 Å². The minimum absolute atomic E-state index is 0. The van der Waals surface area contributed by atoms with Crippen molar-refractivity contribution in [3.8, 4) is 0 Å². The van der Waals surface area contributed by atoms with E-state index in [4.69, 9.17) is 0 Å². The van der Waals surface area contributed by atoms with Crippen LogP contribution < -0.4 is 5.32 Å². The maximum atomic E-state index is 9.51. The second-order valence-electron chi connectivity index (χ2n) is 1.06. The van der Waals surface area contributed by atoms with Gasteiger partial charge in [0.1, 0.15) is 0 Å². The molecule has 3 nitrogen and oxygen atoms in total. The van der Waals surface area contributed by atoms with E-state index in [1.165, 1.54) is 0 Å². The summed E-state index contributed by atoms with van der Waals surface area (Å²) in [7, 11) is 1.59. The lowest BCUT2D eigenvalue weighted by molar-refractivity contribution is -0.109. The number of hydrogen-bond donors (Lipinski definition) is 1. The van der Waals surface area contributed by atoms with Crippen molar-refractivity contribution >= 4 is 31.2 Å². The van der Waals surface area contributed by atoms with E-state index in [2.05, 4.69) is 10.1 Å². The third kappa shape index (κ3) is 18.0. The molecule has 1 N–H and O–H groups in total. The molecule has 0 aromatic rings. The first-order valence-electron chi connectivity index (χ1n) is 2.07. The van der Waals surface area contributed by atoms with Gasteiger partial charge in [-0.15, -0.1) is 24.8 Å². The molecule has 0 radical (unpaired) electrons. The molecule has 0 fully saturated rings. The molecule has 0 bridgehead atoms. The molecule has 0 saturated heterocycles. The van der Waals surface area contributed by atoms with Gasteiger partial charge in [0.15, 0.2) is 0 Å². The van der Waals surface area contributed by atoms with Crippen molar-refractivity contribution < 1.29 is 9.53 Å². The van der Waals surface area contributed by atoms with Crippen LogP contribution in [0.2, 0.25) is 0 Å². The number of halogens is 2. The number of carbonyl (C=O) groups is 1. The van der Waals surface area contributed by atoms with Crippen LogP contribution in [0, 0.1) is 0 Å². The fourth-order valence-electron chi connectivity index (χ4n) is 0.220. The van der Waals surface area contributed by atoms with Gasteiger partial charge in [-0.1, -0.05) is 0 Å². The Morgan fingerprint density at radius 1 is 1.56 bits per heavy atom. The van der Waals surface area contributed by atoms with Gasteiger partial charge in [-0.2, -0.15) is 0 Å². The highest BCUT2D eigenvalue weighted by atomic mass is 35.5. The quantitative estimate of drug-likeness (QED) is 0.491. The lowest BCUT2D eigenvalue weighted by Crippen LogP contribution is -2.16. The number of amides is 1. The molecule has 5 heteroatoms. The molecule has 0 heterocycles. The summed E-state index contributed by atoms with van der Waals surface area (Å²) in [5, 5.41) is 2.44. The molecule has 0 unspecified atom stereocenters. The number of hydrogen-bond acceptors (Lipinski definition) is 2. The van der Waals surface area contributed by atoms with Gasteiger partial charge in [-0.3, -0.25) is 4.79 Å². The average molecular weight is 176 g/mol. The molecule has 0 atom stereocenters. The van der Waals surface area contributed by atoms with E-state index in [1.807, 2.05) is 0 Å². The zero-order valence-electron chi connectivity index (χ0n) is 5.12. The number of carbonyl (C=O) groups excluding carboxylic acids is 1. The van der Waals surface area contributed by atoms with E-state index in [1.54, 1.807) is 7.11 Å². The van der Waals surface area contributed by atoms with E-state index in [-0.39, 0.29) is 24.8 Å². The van der Waals surface area contributed by atoms with Crippen molar-refractivity contribution in [2.24, 2.45) is 0 Å². The standard InChI is InChI=1S/C4H9NO2.2ClH/c1-7-3-2-5-4-6;;/h4H,2-3H2,1H3,(H,5,6);2*1H. The number of ether oxygens (including phenoxy) is 1. The number of methoxy groups -OCH3 is 1. The second kappa shape index (κ2) is 15.7. The summed E-state index contributed by atoms with van der Waals surface area (Å²) in [5.74, 6) is 0. The predicted molar refractivity (Wildman–Crippen MR) is 40.4 cm³/mol. The van der Waals surface area contributed by atoms with E-state index < -0.39 is 0 Å². The van der Waals surface area contributed by atoms with Crippen LogP contribution in [0.3, 0.4) is 0 Å². The van der Waals surface area contributed by atoms with Gasteiger partial charge in [0.2, 0.25) is 6.41 Å². The van der Waals surface area contributed by atoms with Crippen LogP contribution in [0.25, 0.3) is 0 Å². The summed E-state index contributed by atoms with van der Waals surface area (Å²) >= 11 is 0. The van der Waals surface area contributed by atoms with Gasteiger partial charge in [-0.05, 0) is 0 Å². The first-order chi connectivity index (χ1) is 3.41. The molecule has 0 aliphatic rings. The minimum Gasteiger partial charge on any atom is -0.383 e. The van der Waals surface area contributed by atoms with Crippen molar-refractivity contribution in [3.63, 3.8) is 0 Å². The van der Waals surface area contributed by atoms with Gasteiger partial charge in [0, 0.05) is 13.7 Å². The second-order valence-corrected chi connectivity index (χ2v) is 1.06. The third-order valence-electron chi connectivity index (χ3n) is 0.534. The molecule has 0 spiro atoms. The van der Waals surface area contributed by atoms with Gasteiger partial charge in [0.05, 0.1) is 6.61 Å². The highest BCUT2D eigenvalue weighted by Crippen LogP contribution is 1.58. The summed E-state index contributed by atoms with van der Waals surface area (Å²) in [6.07, 6.45) is 0.652. The Balaban J connectivity index is -0.000000180. The van der Waals surface area contributed by atoms with E-state index in [0.717, 1.165) is 0 Å². The molecule has 1 amide bonds. The summed E-state index contributed by atoms with van der Waals surface area (Å²) < 4.78 is 4.62. The first kappa shape index (κ1) is 16.0. The van der Waals surface area contributed by atoms with Gasteiger partial charge < -0.3 is 10.1 Å². The largest absolute Gasteiger partial charge is 0.383 e. The van der Waals surface area contributed by atoms with Gasteiger partial charge in [0.25, 0.3) is 0 Å². The SMILES string of the molecule is COCCNC=O.Cl.Cl. The molecule has 58 valence electrons. The van der Waals surface area contributed by atoms with E-state index >= 15 is 0 Å². The number of nitrogens with one attached hydrogen (secondary N) is 1. The molecule has 0 aliphatic carbocycles. The van der Waals surface area contributed by atoms with Crippen LogP contribution in [0.1, 0.15) is 0 Å². The number of rotatable bonds is 4. The Morgan fingerprint density at radius 2 is 2.11 bits per heavy atom. The molecule has 0 aliphatic heterocycles. The maximum absolute atomic E-state index is 9.51. The molecule has 0 aromatic carbocycles. The minimum atomic E-state index is 0. The zero-order valence-corrected chi connectivity index (χ0v) is 6.76. The molecule has 0 saturated carbocycles. The Kier molecular flexibility index (Phi) is 27.9. The van der Waals surface area contributed by atoms with Crippen molar-refractivity contribution in [3.05, 3.63) is 0 Å². The summed E-state index contributed by atoms with van der Waals surface area (Å²) in [5.41, 5.74) is 0. The van der Waals surface area contributed by atoms with Crippen molar-refractivity contribution in [1.82, 2.24) is 5.32 Å². The van der Waals surface area contributed by atoms with Crippen LogP contribution in [-0.2, 0) is 9.53 Å². The highest BCUT2D eigenvalue weighted by Gasteiger charge is 1.75. The normalized spacial score (nSPS) is 6.33. The van der Waals surface area contributed by atoms with Crippen LogP contribution in [0.4, 0.5) is 0 Å². The molecular formula is C4H11Cl2NO2. The Bertz CT molecular complexity index is 53.8. The van der Waals surface area contributed by atoms with Gasteiger partial charge in [-0.25, -0.2) is 0 Å². The fourth-order valence-corrected chi connectivity index (χ4v) is 0.220. The monoisotopic (exact) mass is 175 g/mol. The van der Waals surface area contributed by atoms with E-state index in [9.17, 15) is 4.79 Å². The summed E-state index contributed by atoms with van der Waals surface area (Å²) in [6.45, 7) is 1.18. The maximum Gasteiger partial charge on any atom is 0.207 e. The van der Waals surface area contributed by atoms with E-state index in [0.29, 0.717) is 19.6 Å². The summed E-state index contributed by atoms with van der Waals surface area (Å²) in [6, 6.07) is 0. The van der Waals surface area contributed by atoms with Crippen molar-refractivity contribution in [2.45, 2.75) is 0 Å². The van der Waals surface area contributed by atoms with Crippen LogP contribution >= 0.6 is 24.8 Å². The first-order valence-corrected chi connectivity index (χ1v) is 2.07. The van der Waals surface area contributed by atoms with Gasteiger partial charge >= 0.3 is 0 Å². The smallest absolute Gasteiger partial charge is 0.207 e. The topological polar surface area (TPSA) is 38.3 Å². The fraction of sp³-hybridized carbons (Fsp3) is 0.750. The zero-order chi connectivity index (χ0) is 5.54. The molecule has 0 rings (SSSR count). The Morgan fingerprint density at radius 3 is 2.44 bits per heavy atom. The highest BCUT2D eigenvalue weighted by molar-refractivity contribution is 5.85. The summed E-state index contributed by atoms with van der Waals surface area (Å²) in [4.78, 5) is 9.51. The predicted octanol–water partition coefficient (Wildman–Crippen LogP) is 0.222. The molecule has 0 aromatic heterocycles. The Hall–Kier alpha value is 0.01000. The molecular weight excluding hydrogens is 165 g/mol.